The molecule has 7 nitrogen and oxygen atoms in total. The van der Waals surface area contributed by atoms with Gasteiger partial charge in [-0.1, -0.05) is 0 Å². The highest BCUT2D eigenvalue weighted by molar-refractivity contribution is 7.80. The Labute approximate surface area is 175 Å². The number of amides is 1. The minimum absolute atomic E-state index is 0.0434. The van der Waals surface area contributed by atoms with Gasteiger partial charge in [-0.2, -0.15) is 0 Å². The number of thiocarbonyl (C=S) groups is 1. The van der Waals surface area contributed by atoms with E-state index in [1.807, 2.05) is 20.8 Å². The Bertz CT molecular complexity index is 725. The zero-order valence-corrected chi connectivity index (χ0v) is 18.7. The summed E-state index contributed by atoms with van der Waals surface area (Å²) < 4.78 is 10.6. The Morgan fingerprint density at radius 1 is 1.39 bits per heavy atom. The molecule has 1 aromatic heterocycles. The third kappa shape index (κ3) is 5.01. The summed E-state index contributed by atoms with van der Waals surface area (Å²) in [6, 6.07) is 0.0434. The van der Waals surface area contributed by atoms with Crippen LogP contribution >= 0.6 is 23.6 Å². The SMILES string of the molecule is CCN(CC)C(=O)c1sc(NC(=S)N[C@H](C)[C@@H]2CCCO2)c(C(=O)OC)c1C. The van der Waals surface area contributed by atoms with E-state index in [0.29, 0.717) is 39.2 Å². The van der Waals surface area contributed by atoms with Crippen molar-refractivity contribution >= 4 is 45.5 Å². The first kappa shape index (κ1) is 22.6. The van der Waals surface area contributed by atoms with Gasteiger partial charge in [-0.3, -0.25) is 4.79 Å². The summed E-state index contributed by atoms with van der Waals surface area (Å²) in [6.45, 7) is 9.59. The maximum atomic E-state index is 12.8. The van der Waals surface area contributed by atoms with Gasteiger partial charge in [-0.25, -0.2) is 4.79 Å². The molecule has 0 unspecified atom stereocenters. The van der Waals surface area contributed by atoms with E-state index in [1.165, 1.54) is 18.4 Å². The number of nitrogens with zero attached hydrogens (tertiary/aromatic N) is 1. The first-order chi connectivity index (χ1) is 13.3. The van der Waals surface area contributed by atoms with Crippen molar-refractivity contribution in [3.8, 4) is 0 Å². The van der Waals surface area contributed by atoms with E-state index >= 15 is 0 Å². The second-order valence-corrected chi connectivity index (χ2v) is 8.10. The van der Waals surface area contributed by atoms with Crippen molar-refractivity contribution in [1.29, 1.82) is 0 Å². The maximum absolute atomic E-state index is 12.8. The second kappa shape index (κ2) is 10.2. The average molecular weight is 428 g/mol. The molecular weight excluding hydrogens is 398 g/mol. The summed E-state index contributed by atoms with van der Waals surface area (Å²) in [6.07, 6.45) is 2.15. The predicted molar refractivity (Wildman–Crippen MR) is 115 cm³/mol. The molecule has 0 aromatic carbocycles. The molecule has 28 heavy (non-hydrogen) atoms. The van der Waals surface area contributed by atoms with Crippen LogP contribution in [0.2, 0.25) is 0 Å². The molecule has 1 aromatic rings. The molecular formula is C19H29N3O4S2. The molecule has 1 saturated heterocycles. The van der Waals surface area contributed by atoms with Crippen LogP contribution in [0.5, 0.6) is 0 Å². The van der Waals surface area contributed by atoms with Crippen LogP contribution in [-0.4, -0.2) is 60.8 Å². The highest BCUT2D eigenvalue weighted by atomic mass is 32.1. The zero-order chi connectivity index (χ0) is 20.8. The van der Waals surface area contributed by atoms with Crippen molar-refractivity contribution in [3.63, 3.8) is 0 Å². The van der Waals surface area contributed by atoms with Crippen LogP contribution in [0.15, 0.2) is 0 Å². The number of nitrogens with one attached hydrogen (secondary N) is 2. The minimum Gasteiger partial charge on any atom is -0.465 e. The molecule has 1 aliphatic heterocycles. The lowest BCUT2D eigenvalue weighted by atomic mass is 10.1. The molecule has 0 bridgehead atoms. The van der Waals surface area contributed by atoms with Gasteiger partial charge in [0.15, 0.2) is 5.11 Å². The number of rotatable bonds is 7. The van der Waals surface area contributed by atoms with Crippen LogP contribution in [0, 0.1) is 6.92 Å². The number of methoxy groups -OCH3 is 1. The monoisotopic (exact) mass is 427 g/mol. The number of esters is 1. The van der Waals surface area contributed by atoms with Crippen molar-refractivity contribution in [2.75, 3.05) is 32.1 Å². The quantitative estimate of drug-likeness (QED) is 0.511. The normalized spacial score (nSPS) is 17.1. The number of anilines is 1. The molecule has 156 valence electrons. The van der Waals surface area contributed by atoms with Gasteiger partial charge < -0.3 is 25.0 Å². The third-order valence-corrected chi connectivity index (χ3v) is 6.30. The molecule has 9 heteroatoms. The molecule has 2 N–H and O–H groups in total. The van der Waals surface area contributed by atoms with Crippen molar-refractivity contribution in [3.05, 3.63) is 16.0 Å². The molecule has 1 amide bonds. The third-order valence-electron chi connectivity index (χ3n) is 4.89. The van der Waals surface area contributed by atoms with Gasteiger partial charge in [0.1, 0.15) is 5.00 Å². The van der Waals surface area contributed by atoms with Gasteiger partial charge in [0, 0.05) is 19.7 Å². The van der Waals surface area contributed by atoms with Gasteiger partial charge in [-0.15, -0.1) is 11.3 Å². The molecule has 0 aliphatic carbocycles. The lowest BCUT2D eigenvalue weighted by molar-refractivity contribution is 0.0601. The Hall–Kier alpha value is -1.71. The van der Waals surface area contributed by atoms with Crippen molar-refractivity contribution in [2.45, 2.75) is 52.7 Å². The van der Waals surface area contributed by atoms with E-state index in [1.54, 1.807) is 11.8 Å². The van der Waals surface area contributed by atoms with Gasteiger partial charge in [0.05, 0.1) is 29.7 Å². The smallest absolute Gasteiger partial charge is 0.341 e. The summed E-state index contributed by atoms with van der Waals surface area (Å²) in [4.78, 5) is 27.4. The molecule has 2 heterocycles. The fraction of sp³-hybridized carbons (Fsp3) is 0.632. The Kier molecular flexibility index (Phi) is 8.21. The van der Waals surface area contributed by atoms with Crippen LogP contribution in [-0.2, 0) is 9.47 Å². The standard InChI is InChI=1S/C19H29N3O4S2/c1-6-22(7-2)17(23)15-11(3)14(18(24)25-5)16(28-15)21-19(27)20-12(4)13-9-8-10-26-13/h12-13H,6-10H2,1-5H3,(H2,20,21,27)/t12-,13+/m1/s1. The van der Waals surface area contributed by atoms with Crippen molar-refractivity contribution in [2.24, 2.45) is 0 Å². The number of hydrogen-bond acceptors (Lipinski definition) is 6. The Balaban J connectivity index is 2.24. The van der Waals surface area contributed by atoms with E-state index in [4.69, 9.17) is 21.7 Å². The fourth-order valence-electron chi connectivity index (χ4n) is 3.24. The van der Waals surface area contributed by atoms with Crippen LogP contribution < -0.4 is 10.6 Å². The number of carbonyl (C=O) groups excluding carboxylic acids is 2. The summed E-state index contributed by atoms with van der Waals surface area (Å²) in [5.41, 5.74) is 0.947. The summed E-state index contributed by atoms with van der Waals surface area (Å²) in [5.74, 6) is -0.595. The van der Waals surface area contributed by atoms with Gasteiger partial charge >= 0.3 is 5.97 Å². The van der Waals surface area contributed by atoms with Crippen LogP contribution in [0.1, 0.15) is 59.2 Å². The van der Waals surface area contributed by atoms with E-state index in [9.17, 15) is 9.59 Å². The Morgan fingerprint density at radius 2 is 2.07 bits per heavy atom. The number of carbonyl (C=O) groups is 2. The van der Waals surface area contributed by atoms with E-state index in [0.717, 1.165) is 19.4 Å². The molecule has 1 fully saturated rings. The molecule has 0 spiro atoms. The number of hydrogen-bond donors (Lipinski definition) is 2. The zero-order valence-electron chi connectivity index (χ0n) is 17.1. The second-order valence-electron chi connectivity index (χ2n) is 6.67. The summed E-state index contributed by atoms with van der Waals surface area (Å²) in [5, 5.41) is 7.19. The van der Waals surface area contributed by atoms with Crippen LogP contribution in [0.4, 0.5) is 5.00 Å². The molecule has 2 rings (SSSR count). The highest BCUT2D eigenvalue weighted by Crippen LogP contribution is 2.34. The minimum atomic E-state index is -0.496. The first-order valence-electron chi connectivity index (χ1n) is 9.54. The predicted octanol–water partition coefficient (Wildman–Crippen LogP) is 3.18. The topological polar surface area (TPSA) is 79.9 Å². The number of thiophene rings is 1. The van der Waals surface area contributed by atoms with E-state index < -0.39 is 5.97 Å². The van der Waals surface area contributed by atoms with Crippen LogP contribution in [0.25, 0.3) is 0 Å². The van der Waals surface area contributed by atoms with E-state index in [2.05, 4.69) is 10.6 Å². The first-order valence-corrected chi connectivity index (χ1v) is 10.8. The molecule has 1 aliphatic rings. The Morgan fingerprint density at radius 3 is 2.61 bits per heavy atom. The number of ether oxygens (including phenoxy) is 2. The molecule has 0 radical (unpaired) electrons. The largest absolute Gasteiger partial charge is 0.465 e. The van der Waals surface area contributed by atoms with Gasteiger partial charge in [0.2, 0.25) is 0 Å². The van der Waals surface area contributed by atoms with Crippen molar-refractivity contribution in [1.82, 2.24) is 10.2 Å². The summed E-state index contributed by atoms with van der Waals surface area (Å²) in [7, 11) is 1.32. The fourth-order valence-corrected chi connectivity index (χ4v) is 4.76. The lowest BCUT2D eigenvalue weighted by Crippen LogP contribution is -2.42. The maximum Gasteiger partial charge on any atom is 0.341 e. The molecule has 0 saturated carbocycles. The highest BCUT2D eigenvalue weighted by Gasteiger charge is 2.28. The summed E-state index contributed by atoms with van der Waals surface area (Å²) >= 11 is 6.65. The lowest BCUT2D eigenvalue weighted by Gasteiger charge is -2.21. The van der Waals surface area contributed by atoms with E-state index in [-0.39, 0.29) is 18.1 Å². The molecule has 2 atom stereocenters. The average Bonchev–Trinajstić information content (AvgIpc) is 3.30. The van der Waals surface area contributed by atoms with Gasteiger partial charge in [0.25, 0.3) is 5.91 Å². The van der Waals surface area contributed by atoms with Crippen molar-refractivity contribution < 1.29 is 19.1 Å². The van der Waals surface area contributed by atoms with Crippen LogP contribution in [0.3, 0.4) is 0 Å². The van der Waals surface area contributed by atoms with Gasteiger partial charge in [-0.05, 0) is 58.3 Å².